The van der Waals surface area contributed by atoms with E-state index in [1.807, 2.05) is 0 Å². The minimum Gasteiger partial charge on any atom is -0.389 e. The number of piperidine rings is 1. The zero-order valence-corrected chi connectivity index (χ0v) is 14.5. The second-order valence-electron chi connectivity index (χ2n) is 7.93. The van der Waals surface area contributed by atoms with E-state index in [4.69, 9.17) is 0 Å². The van der Waals surface area contributed by atoms with E-state index in [0.717, 1.165) is 26.1 Å². The van der Waals surface area contributed by atoms with Gasteiger partial charge in [-0.05, 0) is 62.6 Å². The van der Waals surface area contributed by atoms with Gasteiger partial charge >= 0.3 is 0 Å². The third kappa shape index (κ3) is 2.60. The largest absolute Gasteiger partial charge is 0.389 e. The Hall–Kier alpha value is -1.32. The van der Waals surface area contributed by atoms with Crippen molar-refractivity contribution in [1.29, 1.82) is 0 Å². The summed E-state index contributed by atoms with van der Waals surface area (Å²) < 4.78 is 0. The molecule has 0 spiro atoms. The Balaban J connectivity index is 1.52. The molecule has 3 nitrogen and oxygen atoms in total. The average Bonchev–Trinajstić information content (AvgIpc) is 3.32. The summed E-state index contributed by atoms with van der Waals surface area (Å²) in [5.41, 5.74) is 4.85. The number of nitrogens with zero attached hydrogens (tertiary/aromatic N) is 1. The highest BCUT2D eigenvalue weighted by molar-refractivity contribution is 5.85. The smallest absolute Gasteiger partial charge is 0.0725 e. The van der Waals surface area contributed by atoms with Gasteiger partial charge in [0.15, 0.2) is 0 Å². The quantitative estimate of drug-likeness (QED) is 0.905. The number of hydrogen-bond donors (Lipinski definition) is 2. The Morgan fingerprint density at radius 1 is 1.30 bits per heavy atom. The highest BCUT2D eigenvalue weighted by Crippen LogP contribution is 2.47. The summed E-state index contributed by atoms with van der Waals surface area (Å²) in [6.45, 7) is 9.57. The molecule has 1 aliphatic heterocycles. The summed E-state index contributed by atoms with van der Waals surface area (Å²) in [7, 11) is 0. The third-order valence-corrected chi connectivity index (χ3v) is 6.20. The van der Waals surface area contributed by atoms with Crippen LogP contribution in [0, 0.1) is 25.7 Å². The predicted octanol–water partition coefficient (Wildman–Crippen LogP) is 3.77. The minimum atomic E-state index is -0.400. The van der Waals surface area contributed by atoms with Crippen LogP contribution in [0.5, 0.6) is 0 Å². The highest BCUT2D eigenvalue weighted by atomic mass is 16.3. The van der Waals surface area contributed by atoms with Crippen molar-refractivity contribution in [2.24, 2.45) is 11.8 Å². The fraction of sp³-hybridized carbons (Fsp3) is 0.600. The van der Waals surface area contributed by atoms with Crippen LogP contribution in [0.3, 0.4) is 0 Å². The molecular weight excluding hydrogens is 284 g/mol. The number of benzene rings is 1. The Morgan fingerprint density at radius 2 is 2.09 bits per heavy atom. The van der Waals surface area contributed by atoms with Crippen molar-refractivity contribution in [2.75, 3.05) is 13.1 Å². The molecule has 2 aliphatic rings. The SMILES string of the molecule is Cc1ccc2[nH]c(CN3CCC(O)(C4CC4)C(C)C3)c(C)c2c1. The van der Waals surface area contributed by atoms with E-state index in [9.17, 15) is 5.11 Å². The number of aryl methyl sites for hydroxylation is 2. The monoisotopic (exact) mass is 312 g/mol. The molecule has 1 saturated heterocycles. The number of aliphatic hydroxyl groups is 1. The van der Waals surface area contributed by atoms with E-state index in [1.165, 1.54) is 40.6 Å². The molecule has 0 amide bonds. The highest BCUT2D eigenvalue weighted by Gasteiger charge is 2.49. The maximum Gasteiger partial charge on any atom is 0.0725 e. The fourth-order valence-corrected chi connectivity index (χ4v) is 4.43. The van der Waals surface area contributed by atoms with Crippen LogP contribution >= 0.6 is 0 Å². The molecule has 1 saturated carbocycles. The van der Waals surface area contributed by atoms with Crippen molar-refractivity contribution in [3.8, 4) is 0 Å². The summed E-state index contributed by atoms with van der Waals surface area (Å²) in [5, 5.41) is 12.3. The lowest BCUT2D eigenvalue weighted by Gasteiger charge is -2.43. The van der Waals surface area contributed by atoms with Gasteiger partial charge in [-0.25, -0.2) is 0 Å². The normalized spacial score (nSPS) is 29.3. The van der Waals surface area contributed by atoms with Crippen LogP contribution in [0.1, 0.15) is 43.0 Å². The molecule has 1 aromatic heterocycles. The number of likely N-dealkylation sites (tertiary alicyclic amines) is 1. The fourth-order valence-electron chi connectivity index (χ4n) is 4.43. The van der Waals surface area contributed by atoms with Gasteiger partial charge in [0, 0.05) is 36.2 Å². The molecule has 124 valence electrons. The molecule has 2 aromatic rings. The van der Waals surface area contributed by atoms with Crippen molar-refractivity contribution in [1.82, 2.24) is 9.88 Å². The first kappa shape index (κ1) is 15.2. The molecule has 2 atom stereocenters. The number of aromatic amines is 1. The molecule has 4 rings (SSSR count). The third-order valence-electron chi connectivity index (χ3n) is 6.20. The van der Waals surface area contributed by atoms with Crippen LogP contribution < -0.4 is 0 Å². The molecule has 2 N–H and O–H groups in total. The summed E-state index contributed by atoms with van der Waals surface area (Å²) in [5.74, 6) is 0.938. The standard InChI is InChI=1S/C20H28N2O/c1-13-4-7-18-17(10-13)15(3)19(21-18)12-22-9-8-20(23,14(2)11-22)16-5-6-16/h4,7,10,14,16,21,23H,5-6,8-9,11-12H2,1-3H3. The van der Waals surface area contributed by atoms with Gasteiger partial charge in [-0.1, -0.05) is 18.6 Å². The molecule has 2 heterocycles. The van der Waals surface area contributed by atoms with E-state index >= 15 is 0 Å². The molecule has 2 fully saturated rings. The molecule has 3 heteroatoms. The van der Waals surface area contributed by atoms with Crippen LogP contribution in [0.4, 0.5) is 0 Å². The van der Waals surface area contributed by atoms with Crippen LogP contribution in [0.15, 0.2) is 18.2 Å². The molecule has 1 aliphatic carbocycles. The molecule has 2 unspecified atom stereocenters. The van der Waals surface area contributed by atoms with E-state index in [0.29, 0.717) is 11.8 Å². The molecule has 0 radical (unpaired) electrons. The zero-order valence-electron chi connectivity index (χ0n) is 14.5. The number of hydrogen-bond acceptors (Lipinski definition) is 2. The maximum absolute atomic E-state index is 10.9. The first-order chi connectivity index (χ1) is 11.0. The van der Waals surface area contributed by atoms with Crippen molar-refractivity contribution in [2.45, 2.75) is 52.2 Å². The molecule has 23 heavy (non-hydrogen) atoms. The van der Waals surface area contributed by atoms with Gasteiger partial charge in [0.1, 0.15) is 0 Å². The lowest BCUT2D eigenvalue weighted by Crippen LogP contribution is -2.51. The van der Waals surface area contributed by atoms with Gasteiger partial charge in [-0.3, -0.25) is 4.90 Å². The molecule has 0 bridgehead atoms. The lowest BCUT2D eigenvalue weighted by atomic mass is 9.78. The van der Waals surface area contributed by atoms with Gasteiger partial charge in [0.05, 0.1) is 5.60 Å². The Labute approximate surface area is 138 Å². The van der Waals surface area contributed by atoms with E-state index in [1.54, 1.807) is 0 Å². The van der Waals surface area contributed by atoms with Gasteiger partial charge in [0.25, 0.3) is 0 Å². The zero-order chi connectivity index (χ0) is 16.2. The minimum absolute atomic E-state index is 0.371. The second-order valence-corrected chi connectivity index (χ2v) is 7.93. The lowest BCUT2D eigenvalue weighted by molar-refractivity contribution is -0.0834. The summed E-state index contributed by atoms with van der Waals surface area (Å²) in [4.78, 5) is 6.11. The number of nitrogens with one attached hydrogen (secondary N) is 1. The number of fused-ring (bicyclic) bond motifs is 1. The second kappa shape index (κ2) is 5.35. The number of aromatic nitrogens is 1. The van der Waals surface area contributed by atoms with Crippen molar-refractivity contribution in [3.63, 3.8) is 0 Å². The molecule has 1 aromatic carbocycles. The summed E-state index contributed by atoms with van der Waals surface area (Å²) >= 11 is 0. The van der Waals surface area contributed by atoms with Crippen molar-refractivity contribution in [3.05, 3.63) is 35.0 Å². The summed E-state index contributed by atoms with van der Waals surface area (Å²) in [6.07, 6.45) is 3.37. The predicted molar refractivity (Wildman–Crippen MR) is 94.5 cm³/mol. The van der Waals surface area contributed by atoms with Gasteiger partial charge in [-0.15, -0.1) is 0 Å². The first-order valence-electron chi connectivity index (χ1n) is 9.00. The van der Waals surface area contributed by atoms with Gasteiger partial charge < -0.3 is 10.1 Å². The van der Waals surface area contributed by atoms with Gasteiger partial charge in [0.2, 0.25) is 0 Å². The van der Waals surface area contributed by atoms with Crippen LogP contribution in [-0.2, 0) is 6.54 Å². The number of rotatable bonds is 3. The van der Waals surface area contributed by atoms with E-state index in [2.05, 4.69) is 48.9 Å². The summed E-state index contributed by atoms with van der Waals surface area (Å²) in [6, 6.07) is 6.63. The van der Waals surface area contributed by atoms with Crippen LogP contribution in [0.2, 0.25) is 0 Å². The van der Waals surface area contributed by atoms with Crippen molar-refractivity contribution >= 4 is 10.9 Å². The van der Waals surface area contributed by atoms with Crippen LogP contribution in [0.25, 0.3) is 10.9 Å². The van der Waals surface area contributed by atoms with Gasteiger partial charge in [-0.2, -0.15) is 0 Å². The first-order valence-corrected chi connectivity index (χ1v) is 9.00. The maximum atomic E-state index is 10.9. The Kier molecular flexibility index (Phi) is 3.54. The Morgan fingerprint density at radius 3 is 2.78 bits per heavy atom. The van der Waals surface area contributed by atoms with Crippen molar-refractivity contribution < 1.29 is 5.11 Å². The average molecular weight is 312 g/mol. The van der Waals surface area contributed by atoms with Crippen LogP contribution in [-0.4, -0.2) is 33.7 Å². The van der Waals surface area contributed by atoms with E-state index in [-0.39, 0.29) is 0 Å². The molecular formula is C20H28N2O. The Bertz CT molecular complexity index is 731. The van der Waals surface area contributed by atoms with E-state index < -0.39 is 5.60 Å². The topological polar surface area (TPSA) is 39.3 Å². The number of H-pyrrole nitrogens is 1.